The molecule has 1 rings (SSSR count). The molecule has 0 aliphatic rings. The van der Waals surface area contributed by atoms with Gasteiger partial charge >= 0.3 is 0 Å². The second kappa shape index (κ2) is 10.8. The molecule has 0 unspecified atom stereocenters. The number of unbranched alkanes of at least 4 members (excludes halogenated alkanes) is 2. The number of rotatable bonds is 11. The number of hydrogen-bond donors (Lipinski definition) is 1. The Morgan fingerprint density at radius 3 is 2.58 bits per heavy atom. The average Bonchev–Trinajstić information content (AvgIpc) is 2.61. The SMILES string of the molecule is CCCCC[C@](C)(OCCC)C(=O)Nc1ccc(OC(C)C)c(C#N)c1. The Morgan fingerprint density at radius 2 is 2.00 bits per heavy atom. The molecule has 0 saturated heterocycles. The Labute approximate surface area is 157 Å². The van der Waals surface area contributed by atoms with Gasteiger partial charge in [-0.25, -0.2) is 0 Å². The number of carbonyl (C=O) groups is 1. The first-order chi connectivity index (χ1) is 12.4. The fourth-order valence-electron chi connectivity index (χ4n) is 2.61. The minimum Gasteiger partial charge on any atom is -0.490 e. The van der Waals surface area contributed by atoms with Crippen LogP contribution in [0.3, 0.4) is 0 Å². The predicted octanol–water partition coefficient (Wildman–Crippen LogP) is 5.05. The molecule has 0 bridgehead atoms. The first kappa shape index (κ1) is 22.0. The first-order valence-corrected chi connectivity index (χ1v) is 9.52. The van der Waals surface area contributed by atoms with Gasteiger partial charge in [0.25, 0.3) is 5.91 Å². The predicted molar refractivity (Wildman–Crippen MR) is 104 cm³/mol. The van der Waals surface area contributed by atoms with Crippen LogP contribution in [0.25, 0.3) is 0 Å². The zero-order chi connectivity index (χ0) is 19.6. The molecule has 0 aromatic heterocycles. The summed E-state index contributed by atoms with van der Waals surface area (Å²) in [5, 5.41) is 12.2. The molecule has 0 heterocycles. The summed E-state index contributed by atoms with van der Waals surface area (Å²) in [6.07, 6.45) is 4.61. The van der Waals surface area contributed by atoms with E-state index in [-0.39, 0.29) is 12.0 Å². The van der Waals surface area contributed by atoms with Crippen LogP contribution in [0.4, 0.5) is 5.69 Å². The number of anilines is 1. The van der Waals surface area contributed by atoms with Crippen LogP contribution in [-0.4, -0.2) is 24.2 Å². The topological polar surface area (TPSA) is 71.3 Å². The fraction of sp³-hybridized carbons (Fsp3) is 0.619. The number of nitriles is 1. The summed E-state index contributed by atoms with van der Waals surface area (Å²) in [5.41, 5.74) is 0.105. The molecular formula is C21H32N2O3. The molecule has 26 heavy (non-hydrogen) atoms. The molecule has 0 radical (unpaired) electrons. The zero-order valence-corrected chi connectivity index (χ0v) is 16.7. The lowest BCUT2D eigenvalue weighted by Crippen LogP contribution is -2.43. The van der Waals surface area contributed by atoms with Gasteiger partial charge in [-0.3, -0.25) is 4.79 Å². The molecule has 0 fully saturated rings. The van der Waals surface area contributed by atoms with E-state index < -0.39 is 5.60 Å². The highest BCUT2D eigenvalue weighted by atomic mass is 16.5. The van der Waals surface area contributed by atoms with Gasteiger partial charge in [0.1, 0.15) is 17.4 Å². The van der Waals surface area contributed by atoms with Crippen molar-refractivity contribution in [2.75, 3.05) is 11.9 Å². The van der Waals surface area contributed by atoms with Crippen molar-refractivity contribution in [2.24, 2.45) is 0 Å². The van der Waals surface area contributed by atoms with Crippen molar-refractivity contribution >= 4 is 11.6 Å². The minimum atomic E-state index is -0.870. The molecule has 5 heteroatoms. The Kier molecular flexibility index (Phi) is 9.15. The van der Waals surface area contributed by atoms with E-state index >= 15 is 0 Å². The number of nitrogens with one attached hydrogen (secondary N) is 1. The van der Waals surface area contributed by atoms with Gasteiger partial charge in [-0.1, -0.05) is 33.1 Å². The third-order valence-electron chi connectivity index (χ3n) is 4.08. The van der Waals surface area contributed by atoms with Crippen molar-refractivity contribution in [1.82, 2.24) is 0 Å². The van der Waals surface area contributed by atoms with Crippen molar-refractivity contribution in [3.05, 3.63) is 23.8 Å². The number of ether oxygens (including phenoxy) is 2. The van der Waals surface area contributed by atoms with E-state index in [0.29, 0.717) is 30.0 Å². The van der Waals surface area contributed by atoms with Crippen LogP contribution >= 0.6 is 0 Å². The van der Waals surface area contributed by atoms with E-state index in [2.05, 4.69) is 18.3 Å². The van der Waals surface area contributed by atoms with Crippen LogP contribution in [0.15, 0.2) is 18.2 Å². The Morgan fingerprint density at radius 1 is 1.27 bits per heavy atom. The van der Waals surface area contributed by atoms with E-state index in [0.717, 1.165) is 25.7 Å². The molecule has 1 atom stereocenters. The van der Waals surface area contributed by atoms with Crippen LogP contribution in [-0.2, 0) is 9.53 Å². The standard InChI is InChI=1S/C21H32N2O3/c1-6-8-9-12-21(5,25-13-7-2)20(24)23-18-10-11-19(26-16(3)4)17(14-18)15-22/h10-11,14,16H,6-9,12-13H2,1-5H3,(H,23,24)/t21-/m0/s1. The molecular weight excluding hydrogens is 328 g/mol. The Hall–Kier alpha value is -2.06. The number of hydrogen-bond acceptors (Lipinski definition) is 4. The summed E-state index contributed by atoms with van der Waals surface area (Å²) in [5.74, 6) is 0.344. The van der Waals surface area contributed by atoms with E-state index in [1.807, 2.05) is 27.7 Å². The van der Waals surface area contributed by atoms with E-state index in [4.69, 9.17) is 9.47 Å². The lowest BCUT2D eigenvalue weighted by molar-refractivity contribution is -0.140. The van der Waals surface area contributed by atoms with Crippen molar-refractivity contribution in [3.8, 4) is 11.8 Å². The van der Waals surface area contributed by atoms with E-state index in [1.165, 1.54) is 0 Å². The summed E-state index contributed by atoms with van der Waals surface area (Å²) in [6.45, 7) is 10.4. The third kappa shape index (κ3) is 6.68. The number of carbonyl (C=O) groups excluding carboxylic acids is 1. The molecule has 1 amide bonds. The second-order valence-corrected chi connectivity index (χ2v) is 6.98. The van der Waals surface area contributed by atoms with Crippen LogP contribution in [0, 0.1) is 11.3 Å². The Balaban J connectivity index is 2.92. The molecule has 0 spiro atoms. The lowest BCUT2D eigenvalue weighted by Gasteiger charge is -2.29. The molecule has 0 saturated carbocycles. The molecule has 144 valence electrons. The molecule has 1 aromatic carbocycles. The fourth-order valence-corrected chi connectivity index (χ4v) is 2.61. The highest BCUT2D eigenvalue weighted by Crippen LogP contribution is 2.26. The Bertz CT molecular complexity index is 622. The summed E-state index contributed by atoms with van der Waals surface area (Å²) >= 11 is 0. The van der Waals surface area contributed by atoms with Crippen LogP contribution in [0.1, 0.15) is 72.3 Å². The van der Waals surface area contributed by atoms with Gasteiger partial charge in [0.05, 0.1) is 11.7 Å². The maximum absolute atomic E-state index is 12.8. The third-order valence-corrected chi connectivity index (χ3v) is 4.08. The summed E-state index contributed by atoms with van der Waals surface area (Å²) in [4.78, 5) is 12.8. The monoisotopic (exact) mass is 360 g/mol. The van der Waals surface area contributed by atoms with Gasteiger partial charge < -0.3 is 14.8 Å². The number of nitrogens with zero attached hydrogens (tertiary/aromatic N) is 1. The van der Waals surface area contributed by atoms with Crippen molar-refractivity contribution < 1.29 is 14.3 Å². The minimum absolute atomic E-state index is 0.0214. The lowest BCUT2D eigenvalue weighted by atomic mass is 9.96. The molecule has 0 aliphatic heterocycles. The number of amides is 1. The van der Waals surface area contributed by atoms with Gasteiger partial charge in [0, 0.05) is 12.3 Å². The maximum atomic E-state index is 12.8. The van der Waals surface area contributed by atoms with E-state index in [1.54, 1.807) is 18.2 Å². The van der Waals surface area contributed by atoms with Crippen molar-refractivity contribution in [2.45, 2.75) is 78.4 Å². The van der Waals surface area contributed by atoms with Gasteiger partial charge in [-0.15, -0.1) is 0 Å². The highest BCUT2D eigenvalue weighted by molar-refractivity contribution is 5.97. The number of benzene rings is 1. The molecule has 1 N–H and O–H groups in total. The van der Waals surface area contributed by atoms with Crippen molar-refractivity contribution in [1.29, 1.82) is 5.26 Å². The summed E-state index contributed by atoms with van der Waals surface area (Å²) < 4.78 is 11.5. The molecule has 0 aliphatic carbocycles. The van der Waals surface area contributed by atoms with Crippen LogP contribution in [0.5, 0.6) is 5.75 Å². The summed E-state index contributed by atoms with van der Waals surface area (Å²) in [6, 6.07) is 7.23. The molecule has 5 nitrogen and oxygen atoms in total. The van der Waals surface area contributed by atoms with E-state index in [9.17, 15) is 10.1 Å². The normalized spacial score (nSPS) is 13.1. The maximum Gasteiger partial charge on any atom is 0.256 e. The zero-order valence-electron chi connectivity index (χ0n) is 16.7. The first-order valence-electron chi connectivity index (χ1n) is 9.52. The van der Waals surface area contributed by atoms with Crippen LogP contribution < -0.4 is 10.1 Å². The van der Waals surface area contributed by atoms with Crippen LogP contribution in [0.2, 0.25) is 0 Å². The summed E-state index contributed by atoms with van der Waals surface area (Å²) in [7, 11) is 0. The van der Waals surface area contributed by atoms with Gasteiger partial charge in [-0.2, -0.15) is 5.26 Å². The average molecular weight is 360 g/mol. The van der Waals surface area contributed by atoms with Gasteiger partial charge in [0.2, 0.25) is 0 Å². The smallest absolute Gasteiger partial charge is 0.256 e. The largest absolute Gasteiger partial charge is 0.490 e. The van der Waals surface area contributed by atoms with Crippen molar-refractivity contribution in [3.63, 3.8) is 0 Å². The quantitative estimate of drug-likeness (QED) is 0.561. The second-order valence-electron chi connectivity index (χ2n) is 6.98. The molecule has 1 aromatic rings. The van der Waals surface area contributed by atoms with Gasteiger partial charge in [0.15, 0.2) is 0 Å². The van der Waals surface area contributed by atoms with Gasteiger partial charge in [-0.05, 0) is 51.8 Å². The highest BCUT2D eigenvalue weighted by Gasteiger charge is 2.33.